The highest BCUT2D eigenvalue weighted by molar-refractivity contribution is 7.99. The molecule has 35 heavy (non-hydrogen) atoms. The molecular formula is C24H26N6O4S. The molecule has 10 nitrogen and oxygen atoms in total. The quantitative estimate of drug-likeness (QED) is 0.293. The average molecular weight is 495 g/mol. The van der Waals surface area contributed by atoms with Crippen LogP contribution in [0, 0.1) is 24.0 Å². The number of carbonyl (C=O) groups excluding carboxylic acids is 2. The van der Waals surface area contributed by atoms with Crippen LogP contribution < -0.4 is 0 Å². The van der Waals surface area contributed by atoms with E-state index in [9.17, 15) is 19.7 Å². The first-order valence-corrected chi connectivity index (χ1v) is 12.2. The standard InChI is InChI=1S/C24H26N6O4S/c1-16-4-8-20(9-5-16)29-18(3)25-26-24(29)35-15-22(31)27-12-13-28(17(2)14-27)23(32)19-6-10-21(11-7-19)30(33)34/h4-11,17H,12-15H2,1-3H3. The number of rotatable bonds is 6. The summed E-state index contributed by atoms with van der Waals surface area (Å²) >= 11 is 1.34. The molecule has 2 heterocycles. The summed E-state index contributed by atoms with van der Waals surface area (Å²) in [5.74, 6) is 0.735. The van der Waals surface area contributed by atoms with Gasteiger partial charge in [-0.05, 0) is 45.0 Å². The number of non-ortho nitro benzene ring substituents is 1. The Labute approximate surface area is 207 Å². The van der Waals surface area contributed by atoms with Crippen LogP contribution in [0.3, 0.4) is 0 Å². The molecular weight excluding hydrogens is 468 g/mol. The van der Waals surface area contributed by atoms with E-state index < -0.39 is 4.92 Å². The highest BCUT2D eigenvalue weighted by atomic mass is 32.2. The zero-order valence-electron chi connectivity index (χ0n) is 19.7. The zero-order valence-corrected chi connectivity index (χ0v) is 20.6. The number of nitro groups is 1. The van der Waals surface area contributed by atoms with Crippen molar-refractivity contribution in [1.82, 2.24) is 24.6 Å². The van der Waals surface area contributed by atoms with Crippen LogP contribution in [0.4, 0.5) is 5.69 Å². The number of thioether (sulfide) groups is 1. The van der Waals surface area contributed by atoms with Gasteiger partial charge < -0.3 is 9.80 Å². The Balaban J connectivity index is 1.36. The monoisotopic (exact) mass is 494 g/mol. The smallest absolute Gasteiger partial charge is 0.269 e. The van der Waals surface area contributed by atoms with Gasteiger partial charge in [-0.25, -0.2) is 0 Å². The maximum atomic E-state index is 12.9. The first-order valence-electron chi connectivity index (χ1n) is 11.2. The number of amides is 2. The maximum Gasteiger partial charge on any atom is 0.269 e. The molecule has 0 saturated carbocycles. The Kier molecular flexibility index (Phi) is 7.15. The van der Waals surface area contributed by atoms with Crippen molar-refractivity contribution in [2.24, 2.45) is 0 Å². The topological polar surface area (TPSA) is 114 Å². The number of piperazine rings is 1. The van der Waals surface area contributed by atoms with Crippen molar-refractivity contribution in [3.05, 3.63) is 75.6 Å². The molecule has 0 spiro atoms. The van der Waals surface area contributed by atoms with E-state index in [2.05, 4.69) is 10.2 Å². The summed E-state index contributed by atoms with van der Waals surface area (Å²) in [4.78, 5) is 39.7. The lowest BCUT2D eigenvalue weighted by Crippen LogP contribution is -2.55. The lowest BCUT2D eigenvalue weighted by Gasteiger charge is -2.40. The van der Waals surface area contributed by atoms with Crippen LogP contribution in [-0.4, -0.2) is 72.7 Å². The van der Waals surface area contributed by atoms with Gasteiger partial charge in [-0.3, -0.25) is 24.3 Å². The Morgan fingerprint density at radius 3 is 2.37 bits per heavy atom. The van der Waals surface area contributed by atoms with Gasteiger partial charge in [0.1, 0.15) is 5.82 Å². The second-order valence-corrected chi connectivity index (χ2v) is 9.42. The predicted molar refractivity (Wildman–Crippen MR) is 132 cm³/mol. The molecule has 182 valence electrons. The van der Waals surface area contributed by atoms with Gasteiger partial charge >= 0.3 is 0 Å². The Morgan fingerprint density at radius 2 is 1.74 bits per heavy atom. The number of hydrogen-bond donors (Lipinski definition) is 0. The first-order chi connectivity index (χ1) is 16.7. The summed E-state index contributed by atoms with van der Waals surface area (Å²) < 4.78 is 1.93. The molecule has 3 aromatic rings. The lowest BCUT2D eigenvalue weighted by molar-refractivity contribution is -0.384. The summed E-state index contributed by atoms with van der Waals surface area (Å²) in [7, 11) is 0. The zero-order chi connectivity index (χ0) is 25.1. The minimum atomic E-state index is -0.496. The third-order valence-electron chi connectivity index (χ3n) is 5.98. The molecule has 1 unspecified atom stereocenters. The van der Waals surface area contributed by atoms with E-state index in [0.717, 1.165) is 17.1 Å². The highest BCUT2D eigenvalue weighted by Gasteiger charge is 2.30. The van der Waals surface area contributed by atoms with Crippen LogP contribution in [0.5, 0.6) is 0 Å². The van der Waals surface area contributed by atoms with Crippen molar-refractivity contribution >= 4 is 29.3 Å². The molecule has 4 rings (SSSR count). The normalized spacial score (nSPS) is 15.8. The van der Waals surface area contributed by atoms with Crippen molar-refractivity contribution in [1.29, 1.82) is 0 Å². The van der Waals surface area contributed by atoms with E-state index >= 15 is 0 Å². The molecule has 1 saturated heterocycles. The predicted octanol–water partition coefficient (Wildman–Crippen LogP) is 3.26. The SMILES string of the molecule is Cc1ccc(-n2c(C)nnc2SCC(=O)N2CCN(C(=O)c3ccc([N+](=O)[O-])cc3)C(C)C2)cc1. The molecule has 2 amide bonds. The molecule has 2 aromatic carbocycles. The molecule has 0 bridgehead atoms. The van der Waals surface area contributed by atoms with E-state index in [4.69, 9.17) is 0 Å². The van der Waals surface area contributed by atoms with E-state index in [0.29, 0.717) is 30.4 Å². The molecule has 1 atom stereocenters. The van der Waals surface area contributed by atoms with Gasteiger partial charge in [0.25, 0.3) is 11.6 Å². The van der Waals surface area contributed by atoms with Gasteiger partial charge in [0, 0.05) is 49.1 Å². The number of benzene rings is 2. The fourth-order valence-corrected chi connectivity index (χ4v) is 4.92. The third-order valence-corrected chi connectivity index (χ3v) is 6.89. The fraction of sp³-hybridized carbons (Fsp3) is 0.333. The van der Waals surface area contributed by atoms with E-state index in [1.54, 1.807) is 9.80 Å². The fourth-order valence-electron chi connectivity index (χ4n) is 4.02. The van der Waals surface area contributed by atoms with Crippen LogP contribution in [-0.2, 0) is 4.79 Å². The average Bonchev–Trinajstić information content (AvgIpc) is 3.22. The Morgan fingerprint density at radius 1 is 1.06 bits per heavy atom. The number of carbonyl (C=O) groups is 2. The van der Waals surface area contributed by atoms with Gasteiger partial charge in [0.2, 0.25) is 5.91 Å². The minimum Gasteiger partial charge on any atom is -0.338 e. The maximum absolute atomic E-state index is 12.9. The Bertz CT molecular complexity index is 1240. The Hall–Kier alpha value is -3.73. The summed E-state index contributed by atoms with van der Waals surface area (Å²) in [5, 5.41) is 19.9. The molecule has 11 heteroatoms. The highest BCUT2D eigenvalue weighted by Crippen LogP contribution is 2.23. The number of nitro benzene ring substituents is 1. The van der Waals surface area contributed by atoms with Gasteiger partial charge in [-0.1, -0.05) is 29.5 Å². The van der Waals surface area contributed by atoms with Gasteiger partial charge in [0.05, 0.1) is 10.7 Å². The van der Waals surface area contributed by atoms with Gasteiger partial charge in [-0.2, -0.15) is 0 Å². The molecule has 1 aliphatic rings. The largest absolute Gasteiger partial charge is 0.338 e. The van der Waals surface area contributed by atoms with E-state index in [-0.39, 0.29) is 29.3 Å². The van der Waals surface area contributed by atoms with Crippen LogP contribution in [0.1, 0.15) is 28.7 Å². The second kappa shape index (κ2) is 10.3. The van der Waals surface area contributed by atoms with Crippen LogP contribution in [0.25, 0.3) is 5.69 Å². The summed E-state index contributed by atoms with van der Waals surface area (Å²) in [6.45, 7) is 7.03. The molecule has 1 aromatic heterocycles. The molecule has 0 N–H and O–H groups in total. The summed E-state index contributed by atoms with van der Waals surface area (Å²) in [6.07, 6.45) is 0. The van der Waals surface area contributed by atoms with Crippen molar-refractivity contribution in [3.63, 3.8) is 0 Å². The molecule has 0 aliphatic carbocycles. The van der Waals surface area contributed by atoms with Gasteiger partial charge in [-0.15, -0.1) is 10.2 Å². The number of aromatic nitrogens is 3. The summed E-state index contributed by atoms with van der Waals surface area (Å²) in [6, 6.07) is 13.4. The number of nitrogens with zero attached hydrogens (tertiary/aromatic N) is 6. The van der Waals surface area contributed by atoms with E-state index in [1.165, 1.54) is 36.0 Å². The number of aryl methyl sites for hydroxylation is 2. The van der Waals surface area contributed by atoms with Crippen LogP contribution >= 0.6 is 11.8 Å². The van der Waals surface area contributed by atoms with E-state index in [1.807, 2.05) is 49.6 Å². The van der Waals surface area contributed by atoms with Crippen LogP contribution in [0.15, 0.2) is 53.7 Å². The van der Waals surface area contributed by atoms with Crippen molar-refractivity contribution < 1.29 is 14.5 Å². The first kappa shape index (κ1) is 24.4. The van der Waals surface area contributed by atoms with Crippen molar-refractivity contribution in [2.45, 2.75) is 32.0 Å². The summed E-state index contributed by atoms with van der Waals surface area (Å²) in [5.41, 5.74) is 2.43. The molecule has 1 fully saturated rings. The lowest BCUT2D eigenvalue weighted by atomic mass is 10.1. The minimum absolute atomic E-state index is 0.0274. The van der Waals surface area contributed by atoms with Crippen molar-refractivity contribution in [2.75, 3.05) is 25.4 Å². The molecule has 1 aliphatic heterocycles. The van der Waals surface area contributed by atoms with Crippen LogP contribution in [0.2, 0.25) is 0 Å². The molecule has 0 radical (unpaired) electrons. The number of hydrogen-bond acceptors (Lipinski definition) is 7. The van der Waals surface area contributed by atoms with Crippen molar-refractivity contribution in [3.8, 4) is 5.69 Å². The van der Waals surface area contributed by atoms with Gasteiger partial charge in [0.15, 0.2) is 5.16 Å². The third kappa shape index (κ3) is 5.35. The second-order valence-electron chi connectivity index (χ2n) is 8.48.